The van der Waals surface area contributed by atoms with Crippen molar-refractivity contribution in [3.8, 4) is 17.1 Å². The molecule has 13 heteroatoms. The largest absolute Gasteiger partial charge is 0.491 e. The summed E-state index contributed by atoms with van der Waals surface area (Å²) < 4.78 is 18.8. The highest BCUT2D eigenvalue weighted by Gasteiger charge is 2.33. The molecule has 0 saturated carbocycles. The van der Waals surface area contributed by atoms with Gasteiger partial charge in [-0.2, -0.15) is 0 Å². The number of nitro benzene ring substituents is 1. The summed E-state index contributed by atoms with van der Waals surface area (Å²) in [6, 6.07) is 12.2. The second-order valence-electron chi connectivity index (χ2n) is 9.78. The number of ether oxygens (including phenoxy) is 2. The van der Waals surface area contributed by atoms with Gasteiger partial charge in [0.1, 0.15) is 22.3 Å². The summed E-state index contributed by atoms with van der Waals surface area (Å²) in [5.74, 6) is 0.745. The maximum Gasteiger partial charge on any atom is 0.338 e. The van der Waals surface area contributed by atoms with E-state index in [1.165, 1.54) is 10.6 Å². The Hall–Kier alpha value is -4.19. The smallest absolute Gasteiger partial charge is 0.338 e. The number of halogens is 2. The molecule has 3 heterocycles. The average Bonchev–Trinajstić information content (AvgIpc) is 3.53. The summed E-state index contributed by atoms with van der Waals surface area (Å²) in [6.07, 6.45) is 1.55. The van der Waals surface area contributed by atoms with Crippen molar-refractivity contribution in [2.24, 2.45) is 4.99 Å². The van der Waals surface area contributed by atoms with Crippen molar-refractivity contribution in [1.29, 1.82) is 0 Å². The van der Waals surface area contributed by atoms with E-state index in [1.54, 1.807) is 44.2 Å². The zero-order valence-electron chi connectivity index (χ0n) is 23.4. The molecular weight excluding hydrogens is 617 g/mol. The van der Waals surface area contributed by atoms with Crippen LogP contribution in [-0.2, 0) is 9.53 Å². The maximum atomic E-state index is 13.9. The molecule has 0 aliphatic carbocycles. The Bertz CT molecular complexity index is 1960. The number of nitro groups is 1. The van der Waals surface area contributed by atoms with E-state index in [0.29, 0.717) is 43.4 Å². The predicted octanol–water partition coefficient (Wildman–Crippen LogP) is 6.06. The van der Waals surface area contributed by atoms with E-state index in [-0.39, 0.29) is 39.6 Å². The second-order valence-corrected chi connectivity index (χ2v) is 11.6. The number of esters is 1. The Labute approximate surface area is 259 Å². The van der Waals surface area contributed by atoms with E-state index in [1.807, 2.05) is 26.0 Å². The third-order valence-electron chi connectivity index (χ3n) is 6.48. The lowest BCUT2D eigenvalue weighted by Crippen LogP contribution is -2.39. The molecule has 0 fully saturated rings. The Morgan fingerprint density at radius 1 is 1.19 bits per heavy atom. The van der Waals surface area contributed by atoms with Crippen LogP contribution in [0.15, 0.2) is 74.0 Å². The molecule has 1 aliphatic heterocycles. The van der Waals surface area contributed by atoms with Crippen LogP contribution in [0.1, 0.15) is 45.1 Å². The molecule has 0 amide bonds. The van der Waals surface area contributed by atoms with Crippen molar-refractivity contribution in [2.75, 3.05) is 6.61 Å². The molecule has 43 heavy (non-hydrogen) atoms. The van der Waals surface area contributed by atoms with E-state index in [9.17, 15) is 19.7 Å². The van der Waals surface area contributed by atoms with E-state index < -0.39 is 16.9 Å². The highest BCUT2D eigenvalue weighted by Crippen LogP contribution is 2.37. The number of carbonyl (C=O) groups excluding carboxylic acids is 1. The number of rotatable bonds is 8. The number of allylic oxidation sites excluding steroid dienone is 1. The molecule has 5 rings (SSSR count). The summed E-state index contributed by atoms with van der Waals surface area (Å²) in [7, 11) is 0. The van der Waals surface area contributed by atoms with Crippen molar-refractivity contribution in [3.05, 3.63) is 111 Å². The van der Waals surface area contributed by atoms with Gasteiger partial charge in [0, 0.05) is 17.7 Å². The third-order valence-corrected chi connectivity index (χ3v) is 8.08. The van der Waals surface area contributed by atoms with Crippen molar-refractivity contribution in [3.63, 3.8) is 0 Å². The molecule has 0 N–H and O–H groups in total. The third kappa shape index (κ3) is 6.01. The van der Waals surface area contributed by atoms with Gasteiger partial charge in [0.15, 0.2) is 4.80 Å². The number of aromatic nitrogens is 1. The molecule has 222 valence electrons. The van der Waals surface area contributed by atoms with E-state index in [2.05, 4.69) is 4.99 Å². The molecule has 0 spiro atoms. The fourth-order valence-corrected chi connectivity index (χ4v) is 6.19. The van der Waals surface area contributed by atoms with Crippen molar-refractivity contribution in [1.82, 2.24) is 4.57 Å². The number of carbonyl (C=O) groups is 1. The zero-order valence-corrected chi connectivity index (χ0v) is 25.7. The van der Waals surface area contributed by atoms with Gasteiger partial charge in [0.05, 0.1) is 44.5 Å². The monoisotopic (exact) mass is 641 g/mol. The molecule has 1 aliphatic rings. The highest BCUT2D eigenvalue weighted by atomic mass is 35.5. The Kier molecular flexibility index (Phi) is 8.59. The number of benzene rings is 2. The van der Waals surface area contributed by atoms with Gasteiger partial charge < -0.3 is 13.9 Å². The molecule has 0 bridgehead atoms. The van der Waals surface area contributed by atoms with Gasteiger partial charge in [-0.25, -0.2) is 9.79 Å². The van der Waals surface area contributed by atoms with Crippen LogP contribution < -0.4 is 19.6 Å². The standard InChI is InChI=1S/C30H25Cl2N3O7S/c1-5-40-29(37)26-16(4)33-30-34(27(26)17-6-8-18(9-7-17)41-15(2)3)28(36)25(43-30)12-19-10-11-24(42-19)20-13-22(32)23(35(38)39)14-21(20)31/h6-15,27H,5H2,1-4H3/b25-12+/t27-/m0/s1. The Morgan fingerprint density at radius 2 is 1.91 bits per heavy atom. The number of nitrogens with zero attached hydrogens (tertiary/aromatic N) is 3. The van der Waals surface area contributed by atoms with Gasteiger partial charge in [-0.05, 0) is 63.6 Å². The maximum absolute atomic E-state index is 13.9. The zero-order chi connectivity index (χ0) is 31.0. The molecule has 1 atom stereocenters. The first-order chi connectivity index (χ1) is 20.5. The SMILES string of the molecule is CCOC(=O)C1=C(C)N=c2s/c(=C/c3ccc(-c4cc(Cl)c([N+](=O)[O-])cc4Cl)o3)c(=O)n2[C@H]1c1ccc(OC(C)C)cc1. The summed E-state index contributed by atoms with van der Waals surface area (Å²) in [4.78, 5) is 42.5. The fourth-order valence-electron chi connectivity index (χ4n) is 4.68. The average molecular weight is 643 g/mol. The summed E-state index contributed by atoms with van der Waals surface area (Å²) >= 11 is 13.5. The lowest BCUT2D eigenvalue weighted by Gasteiger charge is -2.25. The van der Waals surface area contributed by atoms with Crippen LogP contribution >= 0.6 is 34.5 Å². The molecule has 4 aromatic rings. The number of furan rings is 1. The van der Waals surface area contributed by atoms with Crippen LogP contribution in [0.25, 0.3) is 17.4 Å². The van der Waals surface area contributed by atoms with Gasteiger partial charge in [-0.15, -0.1) is 0 Å². The molecule has 2 aromatic carbocycles. The van der Waals surface area contributed by atoms with Crippen molar-refractivity contribution in [2.45, 2.75) is 39.8 Å². The topological polar surface area (TPSA) is 126 Å². The molecule has 0 saturated heterocycles. The molecule has 0 radical (unpaired) electrons. The van der Waals surface area contributed by atoms with Crippen LogP contribution in [0, 0.1) is 10.1 Å². The minimum absolute atomic E-state index is 0.0173. The van der Waals surface area contributed by atoms with E-state index in [0.717, 1.165) is 17.4 Å². The highest BCUT2D eigenvalue weighted by molar-refractivity contribution is 7.07. The second kappa shape index (κ2) is 12.2. The van der Waals surface area contributed by atoms with Crippen LogP contribution in [0.2, 0.25) is 10.0 Å². The number of hydrogen-bond acceptors (Lipinski definition) is 9. The summed E-state index contributed by atoms with van der Waals surface area (Å²) in [5, 5.41) is 11.2. The first-order valence-electron chi connectivity index (χ1n) is 13.2. The van der Waals surface area contributed by atoms with E-state index in [4.69, 9.17) is 37.1 Å². The fraction of sp³-hybridized carbons (Fsp3) is 0.233. The first kappa shape index (κ1) is 30.3. The van der Waals surface area contributed by atoms with Crippen molar-refractivity contribution < 1.29 is 23.6 Å². The molecular formula is C30H25Cl2N3O7S. The first-order valence-corrected chi connectivity index (χ1v) is 14.8. The van der Waals surface area contributed by atoms with Crippen molar-refractivity contribution >= 4 is 52.3 Å². The molecule has 10 nitrogen and oxygen atoms in total. The van der Waals surface area contributed by atoms with Crippen LogP contribution in [-0.4, -0.2) is 28.2 Å². The Morgan fingerprint density at radius 3 is 2.56 bits per heavy atom. The van der Waals surface area contributed by atoms with Gasteiger partial charge in [0.25, 0.3) is 11.2 Å². The number of thiazole rings is 1. The minimum Gasteiger partial charge on any atom is -0.491 e. The lowest BCUT2D eigenvalue weighted by atomic mass is 9.96. The number of fused-ring (bicyclic) bond motifs is 1. The van der Waals surface area contributed by atoms with E-state index >= 15 is 0 Å². The normalized spacial score (nSPS) is 15.0. The summed E-state index contributed by atoms with van der Waals surface area (Å²) in [6.45, 7) is 7.44. The van der Waals surface area contributed by atoms with Crippen LogP contribution in [0.3, 0.4) is 0 Å². The van der Waals surface area contributed by atoms with Crippen LogP contribution in [0.5, 0.6) is 5.75 Å². The van der Waals surface area contributed by atoms with Gasteiger partial charge in [-0.3, -0.25) is 19.5 Å². The number of hydrogen-bond donors (Lipinski definition) is 0. The van der Waals surface area contributed by atoms with Crippen LogP contribution in [0.4, 0.5) is 5.69 Å². The minimum atomic E-state index is -0.779. The van der Waals surface area contributed by atoms with Gasteiger partial charge in [-0.1, -0.05) is 46.7 Å². The molecule has 2 aromatic heterocycles. The predicted molar refractivity (Wildman–Crippen MR) is 163 cm³/mol. The lowest BCUT2D eigenvalue weighted by molar-refractivity contribution is -0.384. The van der Waals surface area contributed by atoms with Gasteiger partial charge in [0.2, 0.25) is 0 Å². The summed E-state index contributed by atoms with van der Waals surface area (Å²) in [5.41, 5.74) is 1.06. The quantitative estimate of drug-likeness (QED) is 0.130. The Balaban J connectivity index is 1.59. The molecule has 0 unspecified atom stereocenters. The van der Waals surface area contributed by atoms with Gasteiger partial charge >= 0.3 is 5.97 Å².